The quantitative estimate of drug-likeness (QED) is 0.0606. The Morgan fingerprint density at radius 1 is 0.595 bits per heavy atom. The number of aliphatic hydroxyl groups is 3. The molecule has 3 unspecified atom stereocenters. The lowest BCUT2D eigenvalue weighted by Crippen LogP contribution is -2.42. The van der Waals surface area contributed by atoms with Crippen molar-refractivity contribution in [1.82, 2.24) is 25.8 Å². The zero-order valence-corrected chi connectivity index (χ0v) is 22.2. The summed E-state index contributed by atoms with van der Waals surface area (Å²) in [5.41, 5.74) is 16.1. The minimum absolute atomic E-state index is 0.0548. The zero-order valence-electron chi connectivity index (χ0n) is 22.2. The molecule has 0 aliphatic heterocycles. The fraction of sp³-hybridized carbons (Fsp3) is 0.870. The maximum Gasteiger partial charge on any atom is 0.221 e. The molecule has 3 amide bonds. The van der Waals surface area contributed by atoms with Crippen molar-refractivity contribution < 1.29 is 29.7 Å². The van der Waals surface area contributed by atoms with Gasteiger partial charge >= 0.3 is 0 Å². The molecule has 0 aromatic carbocycles. The van der Waals surface area contributed by atoms with Gasteiger partial charge in [-0.1, -0.05) is 6.92 Å². The lowest BCUT2D eigenvalue weighted by atomic mass is 10.2. The number of nitrogens with two attached hydrogens (primary N) is 3. The number of amides is 3. The van der Waals surface area contributed by atoms with Gasteiger partial charge in [-0.25, -0.2) is 0 Å². The average Bonchev–Trinajstić information content (AvgIpc) is 2.90. The van der Waals surface area contributed by atoms with Crippen LogP contribution in [0.15, 0.2) is 0 Å². The van der Waals surface area contributed by atoms with Crippen LogP contribution in [0.5, 0.6) is 0 Å². The number of hydrogen-bond donors (Lipinski definition) is 9. The molecule has 0 heterocycles. The summed E-state index contributed by atoms with van der Waals surface area (Å²) in [5.74, 6) is -0.623. The lowest BCUT2D eigenvalue weighted by molar-refractivity contribution is -0.123. The van der Waals surface area contributed by atoms with Gasteiger partial charge in [0.1, 0.15) is 0 Å². The van der Waals surface area contributed by atoms with E-state index >= 15 is 0 Å². The molecule has 0 fully saturated rings. The second kappa shape index (κ2) is 22.1. The molecule has 14 heteroatoms. The Bertz CT molecular complexity index is 600. The molecule has 3 atom stereocenters. The van der Waals surface area contributed by atoms with E-state index in [2.05, 4.69) is 20.9 Å². The average molecular weight is 535 g/mol. The molecular weight excluding hydrogens is 484 g/mol. The third-order valence-electron chi connectivity index (χ3n) is 5.66. The van der Waals surface area contributed by atoms with Crippen molar-refractivity contribution in [2.24, 2.45) is 17.2 Å². The van der Waals surface area contributed by atoms with Gasteiger partial charge in [0.05, 0.1) is 18.3 Å². The molecule has 0 aliphatic rings. The maximum atomic E-state index is 12.2. The van der Waals surface area contributed by atoms with Gasteiger partial charge in [0.15, 0.2) is 0 Å². The summed E-state index contributed by atoms with van der Waals surface area (Å²) in [6.45, 7) is 5.83. The molecule has 0 spiro atoms. The summed E-state index contributed by atoms with van der Waals surface area (Å²) in [7, 11) is 0. The number of nitrogens with one attached hydrogen (secondary N) is 3. The highest BCUT2D eigenvalue weighted by Crippen LogP contribution is 2.01. The highest BCUT2D eigenvalue weighted by molar-refractivity contribution is 5.77. The van der Waals surface area contributed by atoms with E-state index in [1.165, 1.54) is 0 Å². The first kappa shape index (κ1) is 35.1. The Morgan fingerprint density at radius 3 is 1.16 bits per heavy atom. The second-order valence-corrected chi connectivity index (χ2v) is 9.01. The molecule has 0 rings (SSSR count). The van der Waals surface area contributed by atoms with Gasteiger partial charge in [-0.3, -0.25) is 14.4 Å². The number of carbonyl (C=O) groups is 3. The summed E-state index contributed by atoms with van der Waals surface area (Å²) in [6.07, 6.45) is -0.831. The molecular formula is C23H50N8O6. The Labute approximate surface area is 220 Å². The summed E-state index contributed by atoms with van der Waals surface area (Å²) in [5, 5.41) is 36.5. The lowest BCUT2D eigenvalue weighted by Gasteiger charge is -2.27. The first-order chi connectivity index (χ1) is 17.6. The van der Waals surface area contributed by atoms with E-state index in [1.54, 1.807) is 0 Å². The van der Waals surface area contributed by atoms with Gasteiger partial charge < -0.3 is 58.3 Å². The number of aliphatic hydroxyl groups excluding tert-OH is 3. The summed E-state index contributed by atoms with van der Waals surface area (Å²) < 4.78 is 0. The standard InChI is InChI=1S/C23H50N8O6/c1-2-6-30(7-3-21(35)27-15-18(32)12-24)10-11-31(8-4-22(36)28-16-19(33)13-25)9-5-23(37)29-17-20(34)14-26/h18-20,32-34H,2-17,24-26H2,1H3,(H,27,35)(H,28,36)(H,29,37). The van der Waals surface area contributed by atoms with Crippen molar-refractivity contribution in [2.75, 3.05) is 78.5 Å². The number of hydrogen-bond acceptors (Lipinski definition) is 11. The fourth-order valence-electron chi connectivity index (χ4n) is 3.26. The Kier molecular flexibility index (Phi) is 21.0. The van der Waals surface area contributed by atoms with Crippen LogP contribution in [0.1, 0.15) is 32.6 Å². The fourth-order valence-corrected chi connectivity index (χ4v) is 3.26. The van der Waals surface area contributed by atoms with Crippen LogP contribution in [-0.2, 0) is 14.4 Å². The SMILES string of the molecule is CCCN(CCC(=O)NCC(O)CN)CCN(CCC(=O)NCC(O)CN)CCC(=O)NCC(O)CN. The molecule has 0 aliphatic carbocycles. The van der Waals surface area contributed by atoms with E-state index in [0.29, 0.717) is 32.7 Å². The Morgan fingerprint density at radius 2 is 0.892 bits per heavy atom. The van der Waals surface area contributed by atoms with E-state index in [-0.39, 0.29) is 76.3 Å². The van der Waals surface area contributed by atoms with E-state index in [4.69, 9.17) is 17.2 Å². The Balaban J connectivity index is 4.83. The predicted octanol–water partition coefficient (Wildman–Crippen LogP) is -4.52. The first-order valence-electron chi connectivity index (χ1n) is 13.0. The largest absolute Gasteiger partial charge is 0.390 e. The molecule has 0 aromatic heterocycles. The minimum atomic E-state index is -0.800. The molecule has 0 bridgehead atoms. The van der Waals surface area contributed by atoms with Gasteiger partial charge in [-0.15, -0.1) is 0 Å². The number of carbonyl (C=O) groups excluding carboxylic acids is 3. The predicted molar refractivity (Wildman–Crippen MR) is 141 cm³/mol. The normalized spacial score (nSPS) is 13.9. The molecule has 218 valence electrons. The van der Waals surface area contributed by atoms with Crippen LogP contribution in [0.25, 0.3) is 0 Å². The number of nitrogens with zero attached hydrogens (tertiary/aromatic N) is 2. The monoisotopic (exact) mass is 534 g/mol. The minimum Gasteiger partial charge on any atom is -0.390 e. The van der Waals surface area contributed by atoms with Gasteiger partial charge in [0.2, 0.25) is 17.7 Å². The molecule has 0 saturated carbocycles. The van der Waals surface area contributed by atoms with Crippen LogP contribution >= 0.6 is 0 Å². The van der Waals surface area contributed by atoms with Crippen molar-refractivity contribution in [1.29, 1.82) is 0 Å². The Hall–Kier alpha value is -1.91. The van der Waals surface area contributed by atoms with Crippen molar-refractivity contribution in [3.05, 3.63) is 0 Å². The van der Waals surface area contributed by atoms with Crippen molar-refractivity contribution >= 4 is 17.7 Å². The van der Waals surface area contributed by atoms with Crippen LogP contribution in [-0.4, -0.2) is 140 Å². The molecule has 0 saturated heterocycles. The molecule has 14 nitrogen and oxygen atoms in total. The third kappa shape index (κ3) is 19.8. The van der Waals surface area contributed by atoms with E-state index in [9.17, 15) is 29.7 Å². The smallest absolute Gasteiger partial charge is 0.221 e. The third-order valence-corrected chi connectivity index (χ3v) is 5.66. The topological polar surface area (TPSA) is 233 Å². The van der Waals surface area contributed by atoms with Gasteiger partial charge in [-0.05, 0) is 13.0 Å². The van der Waals surface area contributed by atoms with E-state index in [0.717, 1.165) is 13.0 Å². The summed E-state index contributed by atoms with van der Waals surface area (Å²) in [6, 6.07) is 0. The number of rotatable bonds is 23. The summed E-state index contributed by atoms with van der Waals surface area (Å²) in [4.78, 5) is 40.6. The molecule has 37 heavy (non-hydrogen) atoms. The van der Waals surface area contributed by atoms with Gasteiger partial charge in [-0.2, -0.15) is 0 Å². The molecule has 12 N–H and O–H groups in total. The van der Waals surface area contributed by atoms with E-state index < -0.39 is 18.3 Å². The van der Waals surface area contributed by atoms with Crippen LogP contribution < -0.4 is 33.2 Å². The maximum absolute atomic E-state index is 12.2. The van der Waals surface area contributed by atoms with Crippen LogP contribution in [0.4, 0.5) is 0 Å². The molecule has 0 aromatic rings. The van der Waals surface area contributed by atoms with Gasteiger partial charge in [0.25, 0.3) is 0 Å². The van der Waals surface area contributed by atoms with E-state index in [1.807, 2.05) is 11.8 Å². The van der Waals surface area contributed by atoms with Crippen LogP contribution in [0.2, 0.25) is 0 Å². The van der Waals surface area contributed by atoms with Gasteiger partial charge in [0, 0.05) is 91.3 Å². The van der Waals surface area contributed by atoms with Crippen molar-refractivity contribution in [3.8, 4) is 0 Å². The first-order valence-corrected chi connectivity index (χ1v) is 13.0. The van der Waals surface area contributed by atoms with Crippen molar-refractivity contribution in [3.63, 3.8) is 0 Å². The van der Waals surface area contributed by atoms with Crippen LogP contribution in [0.3, 0.4) is 0 Å². The highest BCUT2D eigenvalue weighted by atomic mass is 16.3. The summed E-state index contributed by atoms with van der Waals surface area (Å²) >= 11 is 0. The highest BCUT2D eigenvalue weighted by Gasteiger charge is 2.15. The molecule has 0 radical (unpaired) electrons. The second-order valence-electron chi connectivity index (χ2n) is 9.01. The van der Waals surface area contributed by atoms with Crippen LogP contribution in [0, 0.1) is 0 Å². The zero-order chi connectivity index (χ0) is 28.1. The van der Waals surface area contributed by atoms with Crippen molar-refractivity contribution in [2.45, 2.75) is 50.9 Å².